The second-order valence-electron chi connectivity index (χ2n) is 7.46. The second kappa shape index (κ2) is 10.1. The predicted octanol–water partition coefficient (Wildman–Crippen LogP) is 4.36. The van der Waals surface area contributed by atoms with Gasteiger partial charge in [-0.2, -0.15) is 5.10 Å². The van der Waals surface area contributed by atoms with E-state index in [2.05, 4.69) is 15.5 Å². The lowest BCUT2D eigenvalue weighted by molar-refractivity contribution is -0.121. The maximum Gasteiger partial charge on any atom is 0.260 e. The van der Waals surface area contributed by atoms with Crippen LogP contribution in [0, 0.1) is 18.6 Å². The molecule has 174 valence electrons. The predicted molar refractivity (Wildman–Crippen MR) is 124 cm³/mol. The Bertz CT molecular complexity index is 1370. The van der Waals surface area contributed by atoms with Crippen LogP contribution in [-0.2, 0) is 17.9 Å². The Kier molecular flexibility index (Phi) is 6.82. The molecule has 1 heterocycles. The summed E-state index contributed by atoms with van der Waals surface area (Å²) in [5.74, 6) is -0.577. The number of hydrazone groups is 1. The van der Waals surface area contributed by atoms with Crippen molar-refractivity contribution in [3.05, 3.63) is 89.2 Å². The van der Waals surface area contributed by atoms with Crippen LogP contribution in [0.4, 0.5) is 8.78 Å². The number of methoxy groups -OCH3 is 1. The van der Waals surface area contributed by atoms with Gasteiger partial charge in [0.2, 0.25) is 0 Å². The van der Waals surface area contributed by atoms with E-state index < -0.39 is 11.6 Å². The molecule has 0 aliphatic rings. The van der Waals surface area contributed by atoms with E-state index in [1.54, 1.807) is 18.2 Å². The molecule has 34 heavy (non-hydrogen) atoms. The molecule has 0 spiro atoms. The number of nitrogens with one attached hydrogen (secondary N) is 1. The molecule has 3 aromatic carbocycles. The first-order valence-electron chi connectivity index (χ1n) is 10.4. The number of fused-ring (bicyclic) bond motifs is 1. The summed E-state index contributed by atoms with van der Waals surface area (Å²) >= 11 is 0. The van der Waals surface area contributed by atoms with E-state index in [4.69, 9.17) is 9.47 Å². The van der Waals surface area contributed by atoms with Crippen molar-refractivity contribution in [3.63, 3.8) is 0 Å². The average molecular weight is 464 g/mol. The van der Waals surface area contributed by atoms with Crippen molar-refractivity contribution in [3.8, 4) is 11.5 Å². The van der Waals surface area contributed by atoms with Crippen molar-refractivity contribution >= 4 is 23.2 Å². The van der Waals surface area contributed by atoms with Crippen molar-refractivity contribution < 1.29 is 23.0 Å². The number of ether oxygens (including phenoxy) is 2. The Morgan fingerprint density at radius 2 is 1.91 bits per heavy atom. The number of carbonyl (C=O) groups excluding carboxylic acids is 1. The molecule has 0 aliphatic carbocycles. The number of carbonyl (C=O) groups is 1. The monoisotopic (exact) mass is 464 g/mol. The number of rotatable bonds is 8. The van der Waals surface area contributed by atoms with E-state index in [1.807, 2.05) is 35.8 Å². The molecule has 0 aliphatic heterocycles. The number of aromatic nitrogens is 2. The van der Waals surface area contributed by atoms with E-state index in [9.17, 15) is 13.6 Å². The molecule has 9 heteroatoms. The van der Waals surface area contributed by atoms with Crippen molar-refractivity contribution in [1.82, 2.24) is 15.0 Å². The lowest BCUT2D eigenvalue weighted by Crippen LogP contribution is -2.23. The van der Waals surface area contributed by atoms with Gasteiger partial charge in [-0.15, -0.1) is 0 Å². The molecular weight excluding hydrogens is 442 g/mol. The summed E-state index contributed by atoms with van der Waals surface area (Å²) in [6, 6.07) is 15.9. The Morgan fingerprint density at radius 3 is 2.71 bits per heavy atom. The molecule has 0 fully saturated rings. The highest BCUT2D eigenvalue weighted by Gasteiger charge is 2.11. The number of amides is 1. The number of hydrogen-bond acceptors (Lipinski definition) is 5. The number of aryl methyl sites for hydroxylation is 1. The highest BCUT2D eigenvalue weighted by molar-refractivity contribution is 5.84. The van der Waals surface area contributed by atoms with Crippen LogP contribution in [0.1, 0.15) is 17.0 Å². The van der Waals surface area contributed by atoms with Crippen molar-refractivity contribution in [2.75, 3.05) is 7.11 Å². The highest BCUT2D eigenvalue weighted by atomic mass is 19.1. The molecule has 1 aromatic heterocycles. The lowest BCUT2D eigenvalue weighted by atomic mass is 10.1. The van der Waals surface area contributed by atoms with Crippen molar-refractivity contribution in [2.24, 2.45) is 5.10 Å². The maximum atomic E-state index is 13.8. The van der Waals surface area contributed by atoms with Gasteiger partial charge in [-0.05, 0) is 55.0 Å². The van der Waals surface area contributed by atoms with Gasteiger partial charge in [0.15, 0.2) is 11.6 Å². The summed E-state index contributed by atoms with van der Waals surface area (Å²) in [5.41, 5.74) is 5.51. The fraction of sp³-hybridized carbons (Fsp3) is 0.160. The Hall–Kier alpha value is -4.27. The summed E-state index contributed by atoms with van der Waals surface area (Å²) in [6.07, 6.45) is 1.48. The van der Waals surface area contributed by atoms with E-state index in [-0.39, 0.29) is 24.8 Å². The topological polar surface area (TPSA) is 77.7 Å². The number of hydrogen-bond donors (Lipinski definition) is 1. The number of para-hydroxylation sites is 2. The van der Waals surface area contributed by atoms with Gasteiger partial charge in [-0.1, -0.05) is 12.1 Å². The Labute approximate surface area is 194 Å². The van der Waals surface area contributed by atoms with Crippen LogP contribution in [0.2, 0.25) is 0 Å². The first-order chi connectivity index (χ1) is 16.4. The third-order valence-corrected chi connectivity index (χ3v) is 5.13. The van der Waals surface area contributed by atoms with Crippen LogP contribution in [0.3, 0.4) is 0 Å². The molecule has 0 bridgehead atoms. The standard InChI is InChI=1S/C25H22F2N4O3/c1-16-29-21-5-3-4-6-22(21)31(16)14-25(32)30-28-13-17-7-9-23(33-2)18(11-17)15-34-24-10-8-19(26)12-20(24)27/h3-13H,14-15H2,1-2H3,(H,30,32). The second-order valence-corrected chi connectivity index (χ2v) is 7.46. The normalized spacial score (nSPS) is 11.2. The van der Waals surface area contributed by atoms with Crippen LogP contribution in [0.15, 0.2) is 65.8 Å². The molecule has 0 unspecified atom stereocenters. The Morgan fingerprint density at radius 1 is 1.12 bits per heavy atom. The SMILES string of the molecule is COc1ccc(C=NNC(=O)Cn2c(C)nc3ccccc32)cc1COc1ccc(F)cc1F. The van der Waals surface area contributed by atoms with Gasteiger partial charge in [0.25, 0.3) is 5.91 Å². The van der Waals surface area contributed by atoms with Gasteiger partial charge in [-0.3, -0.25) is 4.79 Å². The highest BCUT2D eigenvalue weighted by Crippen LogP contribution is 2.24. The molecule has 0 atom stereocenters. The van der Waals surface area contributed by atoms with Crippen LogP contribution < -0.4 is 14.9 Å². The van der Waals surface area contributed by atoms with Crippen molar-refractivity contribution in [2.45, 2.75) is 20.1 Å². The van der Waals surface area contributed by atoms with Gasteiger partial charge < -0.3 is 14.0 Å². The van der Waals surface area contributed by atoms with Gasteiger partial charge in [0.05, 0.1) is 24.4 Å². The summed E-state index contributed by atoms with van der Waals surface area (Å²) in [4.78, 5) is 16.9. The molecule has 4 rings (SSSR count). The fourth-order valence-corrected chi connectivity index (χ4v) is 3.49. The van der Waals surface area contributed by atoms with Crippen LogP contribution in [0.5, 0.6) is 11.5 Å². The van der Waals surface area contributed by atoms with Gasteiger partial charge in [0.1, 0.15) is 30.5 Å². The van der Waals surface area contributed by atoms with E-state index in [0.29, 0.717) is 16.9 Å². The van der Waals surface area contributed by atoms with Gasteiger partial charge in [0, 0.05) is 11.6 Å². The number of halogens is 2. The molecule has 0 saturated carbocycles. The smallest absolute Gasteiger partial charge is 0.260 e. The summed E-state index contributed by atoms with van der Waals surface area (Å²) in [5, 5.41) is 4.03. The fourth-order valence-electron chi connectivity index (χ4n) is 3.49. The quantitative estimate of drug-likeness (QED) is 0.311. The molecule has 0 radical (unpaired) electrons. The van der Waals surface area contributed by atoms with Gasteiger partial charge >= 0.3 is 0 Å². The zero-order valence-corrected chi connectivity index (χ0v) is 18.6. The molecule has 4 aromatic rings. The van der Waals surface area contributed by atoms with Crippen LogP contribution >= 0.6 is 0 Å². The maximum absolute atomic E-state index is 13.8. The third kappa shape index (κ3) is 5.20. The van der Waals surface area contributed by atoms with E-state index in [1.165, 1.54) is 19.4 Å². The largest absolute Gasteiger partial charge is 0.496 e. The lowest BCUT2D eigenvalue weighted by Gasteiger charge is -2.11. The number of imidazole rings is 1. The number of nitrogens with zero attached hydrogens (tertiary/aromatic N) is 3. The third-order valence-electron chi connectivity index (χ3n) is 5.13. The van der Waals surface area contributed by atoms with Crippen molar-refractivity contribution in [1.29, 1.82) is 0 Å². The van der Waals surface area contributed by atoms with Crippen LogP contribution in [-0.4, -0.2) is 28.8 Å². The Balaban J connectivity index is 1.41. The molecule has 0 saturated heterocycles. The van der Waals surface area contributed by atoms with E-state index in [0.717, 1.165) is 29.0 Å². The molecular formula is C25H22F2N4O3. The summed E-state index contributed by atoms with van der Waals surface area (Å²) in [6.45, 7) is 1.91. The molecule has 1 N–H and O–H groups in total. The minimum absolute atomic E-state index is 0.00720. The minimum Gasteiger partial charge on any atom is -0.496 e. The first kappa shape index (κ1) is 22.9. The van der Waals surface area contributed by atoms with Gasteiger partial charge in [-0.25, -0.2) is 19.2 Å². The van der Waals surface area contributed by atoms with Crippen LogP contribution in [0.25, 0.3) is 11.0 Å². The minimum atomic E-state index is -0.791. The zero-order valence-electron chi connectivity index (χ0n) is 18.6. The molecule has 1 amide bonds. The summed E-state index contributed by atoms with van der Waals surface area (Å²) in [7, 11) is 1.51. The summed E-state index contributed by atoms with van der Waals surface area (Å²) < 4.78 is 39.6. The first-order valence-corrected chi connectivity index (χ1v) is 10.4. The zero-order chi connectivity index (χ0) is 24.1. The van der Waals surface area contributed by atoms with E-state index >= 15 is 0 Å². The number of benzene rings is 3. The average Bonchev–Trinajstić information content (AvgIpc) is 3.13. The molecule has 7 nitrogen and oxygen atoms in total.